The van der Waals surface area contributed by atoms with Crippen LogP contribution in [0.15, 0.2) is 48.6 Å². The number of phenols is 4. The minimum absolute atomic E-state index is 0.257. The zero-order chi connectivity index (χ0) is 23.1. The smallest absolute Gasteiger partial charge is 0.331 e. The van der Waals surface area contributed by atoms with Gasteiger partial charge in [-0.05, 0) is 73.2 Å². The summed E-state index contributed by atoms with van der Waals surface area (Å²) in [5.41, 5.74) is 1.02. The van der Waals surface area contributed by atoms with E-state index in [-0.39, 0.29) is 23.0 Å². The van der Waals surface area contributed by atoms with Gasteiger partial charge in [-0.15, -0.1) is 0 Å². The summed E-state index contributed by atoms with van der Waals surface area (Å²) >= 11 is 0. The molecule has 4 N–H and O–H groups in total. The average molecular weight is 440 g/mol. The van der Waals surface area contributed by atoms with Gasteiger partial charge in [-0.25, -0.2) is 9.59 Å². The molecule has 0 heterocycles. The summed E-state index contributed by atoms with van der Waals surface area (Å²) in [5.74, 6) is -2.33. The summed E-state index contributed by atoms with van der Waals surface area (Å²) in [6, 6.07) is 8.30. The highest BCUT2D eigenvalue weighted by Gasteiger charge is 2.30. The molecule has 1 saturated carbocycles. The summed E-state index contributed by atoms with van der Waals surface area (Å²) in [6.07, 6.45) is 6.94. The first-order valence-electron chi connectivity index (χ1n) is 10.1. The van der Waals surface area contributed by atoms with E-state index in [0.717, 1.165) is 12.8 Å². The molecular weight excluding hydrogens is 416 g/mol. The normalized spacial score (nSPS) is 18.6. The lowest BCUT2D eigenvalue weighted by molar-refractivity contribution is -0.165. The van der Waals surface area contributed by atoms with Crippen molar-refractivity contribution in [3.05, 3.63) is 59.7 Å². The Balaban J connectivity index is 1.57. The number of ether oxygens (including phenoxy) is 2. The first-order valence-corrected chi connectivity index (χ1v) is 10.1. The first-order chi connectivity index (χ1) is 15.3. The molecule has 1 fully saturated rings. The zero-order valence-electron chi connectivity index (χ0n) is 17.2. The van der Waals surface area contributed by atoms with Crippen molar-refractivity contribution in [3.8, 4) is 23.0 Å². The Morgan fingerprint density at radius 3 is 1.47 bits per heavy atom. The average Bonchev–Trinajstić information content (AvgIpc) is 2.77. The van der Waals surface area contributed by atoms with Gasteiger partial charge >= 0.3 is 11.9 Å². The van der Waals surface area contributed by atoms with E-state index in [4.69, 9.17) is 9.47 Å². The van der Waals surface area contributed by atoms with E-state index in [1.165, 1.54) is 60.7 Å². The number of aromatic hydroxyl groups is 4. The van der Waals surface area contributed by atoms with Crippen LogP contribution in [0.25, 0.3) is 12.2 Å². The van der Waals surface area contributed by atoms with Crippen molar-refractivity contribution in [3.63, 3.8) is 0 Å². The fourth-order valence-electron chi connectivity index (χ4n) is 3.33. The van der Waals surface area contributed by atoms with Crippen LogP contribution in [0.3, 0.4) is 0 Å². The third kappa shape index (κ3) is 6.28. The highest BCUT2D eigenvalue weighted by Crippen LogP contribution is 2.27. The lowest BCUT2D eigenvalue weighted by Crippen LogP contribution is -2.37. The summed E-state index contributed by atoms with van der Waals surface area (Å²) in [6.45, 7) is 0. The molecule has 8 heteroatoms. The van der Waals surface area contributed by atoms with Crippen molar-refractivity contribution in [1.82, 2.24) is 0 Å². The first kappa shape index (κ1) is 22.7. The highest BCUT2D eigenvalue weighted by molar-refractivity contribution is 5.88. The predicted octanol–water partition coefficient (Wildman–Crippen LogP) is 3.63. The topological polar surface area (TPSA) is 134 Å². The van der Waals surface area contributed by atoms with Gasteiger partial charge in [0.05, 0.1) is 0 Å². The van der Waals surface area contributed by atoms with Gasteiger partial charge in [-0.2, -0.15) is 0 Å². The number of rotatable bonds is 6. The summed E-state index contributed by atoms with van der Waals surface area (Å²) < 4.78 is 10.9. The van der Waals surface area contributed by atoms with Crippen LogP contribution in [0.5, 0.6) is 23.0 Å². The Bertz CT molecular complexity index is 957. The van der Waals surface area contributed by atoms with Crippen molar-refractivity contribution in [1.29, 1.82) is 0 Å². The molecule has 168 valence electrons. The number of hydrogen-bond acceptors (Lipinski definition) is 8. The van der Waals surface area contributed by atoms with Gasteiger partial charge in [-0.1, -0.05) is 12.1 Å². The number of esters is 2. The monoisotopic (exact) mass is 440 g/mol. The third-order valence-electron chi connectivity index (χ3n) is 5.00. The van der Waals surface area contributed by atoms with Crippen LogP contribution in [0.2, 0.25) is 0 Å². The molecule has 1 aliphatic carbocycles. The lowest BCUT2D eigenvalue weighted by Gasteiger charge is -2.30. The van der Waals surface area contributed by atoms with Gasteiger partial charge in [0, 0.05) is 12.2 Å². The molecule has 0 radical (unpaired) electrons. The molecule has 2 aromatic carbocycles. The maximum Gasteiger partial charge on any atom is 0.331 e. The number of carbonyl (C=O) groups excluding carboxylic acids is 2. The second-order valence-electron chi connectivity index (χ2n) is 7.40. The molecule has 0 unspecified atom stereocenters. The number of hydrogen-bond donors (Lipinski definition) is 4. The molecule has 0 spiro atoms. The van der Waals surface area contributed by atoms with E-state index in [2.05, 4.69) is 0 Å². The molecule has 32 heavy (non-hydrogen) atoms. The minimum atomic E-state index is -0.611. The zero-order valence-corrected chi connectivity index (χ0v) is 17.2. The Kier molecular flexibility index (Phi) is 7.38. The van der Waals surface area contributed by atoms with Gasteiger partial charge in [0.1, 0.15) is 12.2 Å². The molecule has 8 nitrogen and oxygen atoms in total. The SMILES string of the molecule is O=C(C=Cc1ccc(O)c(O)c1)O[C@H]1CCCC[C@@H]1OC(=O)C=Cc1ccc(O)c(O)c1. The maximum absolute atomic E-state index is 12.2. The second-order valence-corrected chi connectivity index (χ2v) is 7.40. The van der Waals surface area contributed by atoms with Gasteiger partial charge in [0.25, 0.3) is 0 Å². The van der Waals surface area contributed by atoms with Crippen molar-refractivity contribution < 1.29 is 39.5 Å². The summed E-state index contributed by atoms with van der Waals surface area (Å²) in [5, 5.41) is 37.7. The Morgan fingerprint density at radius 1 is 0.688 bits per heavy atom. The van der Waals surface area contributed by atoms with Gasteiger partial charge in [0.15, 0.2) is 23.0 Å². The Morgan fingerprint density at radius 2 is 1.09 bits per heavy atom. The molecule has 3 rings (SSSR count). The van der Waals surface area contributed by atoms with Gasteiger partial charge in [0.2, 0.25) is 0 Å². The fraction of sp³-hybridized carbons (Fsp3) is 0.250. The van der Waals surface area contributed by atoms with Crippen LogP contribution in [-0.4, -0.2) is 44.6 Å². The maximum atomic E-state index is 12.2. The molecule has 0 aromatic heterocycles. The molecule has 1 aliphatic rings. The molecule has 2 atom stereocenters. The quantitative estimate of drug-likeness (QED) is 0.304. The van der Waals surface area contributed by atoms with E-state index in [1.807, 2.05) is 0 Å². The van der Waals surface area contributed by atoms with E-state index in [1.54, 1.807) is 0 Å². The van der Waals surface area contributed by atoms with Crippen LogP contribution in [0, 0.1) is 0 Å². The predicted molar refractivity (Wildman–Crippen MR) is 116 cm³/mol. The van der Waals surface area contributed by atoms with E-state index in [0.29, 0.717) is 24.0 Å². The summed E-state index contributed by atoms with van der Waals surface area (Å²) in [7, 11) is 0. The Labute approximate surface area is 184 Å². The van der Waals surface area contributed by atoms with E-state index >= 15 is 0 Å². The molecular formula is C24H24O8. The molecule has 0 amide bonds. The number of carbonyl (C=O) groups is 2. The van der Waals surface area contributed by atoms with E-state index in [9.17, 15) is 30.0 Å². The standard InChI is InChI=1S/C24H24O8/c25-17-9-5-15(13-19(17)27)7-11-23(29)31-21-3-1-2-4-22(21)32-24(30)12-8-16-6-10-18(26)20(28)14-16/h5-14,21-22,25-28H,1-4H2/t21-,22-/m0/s1. The van der Waals surface area contributed by atoms with E-state index < -0.39 is 24.1 Å². The van der Waals surface area contributed by atoms with Gasteiger partial charge < -0.3 is 29.9 Å². The van der Waals surface area contributed by atoms with Crippen LogP contribution >= 0.6 is 0 Å². The van der Waals surface area contributed by atoms with Crippen LogP contribution < -0.4 is 0 Å². The molecule has 2 aromatic rings. The van der Waals surface area contributed by atoms with Gasteiger partial charge in [-0.3, -0.25) is 0 Å². The third-order valence-corrected chi connectivity index (χ3v) is 5.00. The minimum Gasteiger partial charge on any atom is -0.504 e. The van der Waals surface area contributed by atoms with Crippen molar-refractivity contribution >= 4 is 24.1 Å². The van der Waals surface area contributed by atoms with Crippen LogP contribution in [0.1, 0.15) is 36.8 Å². The van der Waals surface area contributed by atoms with Crippen molar-refractivity contribution in [2.75, 3.05) is 0 Å². The Hall–Kier alpha value is -3.94. The molecule has 0 aliphatic heterocycles. The fourth-order valence-corrected chi connectivity index (χ4v) is 3.33. The molecule has 0 saturated heterocycles. The molecule has 0 bridgehead atoms. The van der Waals surface area contributed by atoms with Crippen LogP contribution in [-0.2, 0) is 19.1 Å². The van der Waals surface area contributed by atoms with Crippen molar-refractivity contribution in [2.24, 2.45) is 0 Å². The number of phenolic OH excluding ortho intramolecular Hbond substituents is 4. The largest absolute Gasteiger partial charge is 0.504 e. The van der Waals surface area contributed by atoms with Crippen LogP contribution in [0.4, 0.5) is 0 Å². The highest BCUT2D eigenvalue weighted by atomic mass is 16.6. The summed E-state index contributed by atoms with van der Waals surface area (Å²) in [4.78, 5) is 24.4. The lowest BCUT2D eigenvalue weighted by atomic mass is 9.94. The number of benzene rings is 2. The van der Waals surface area contributed by atoms with Crippen molar-refractivity contribution in [2.45, 2.75) is 37.9 Å². The second kappa shape index (κ2) is 10.4.